The van der Waals surface area contributed by atoms with Crippen molar-refractivity contribution in [2.45, 2.75) is 44.2 Å². The quantitative estimate of drug-likeness (QED) is 0.808. The number of amides is 1. The van der Waals surface area contributed by atoms with E-state index in [1.165, 1.54) is 32.8 Å². The summed E-state index contributed by atoms with van der Waals surface area (Å²) in [5.41, 5.74) is 0.666. The van der Waals surface area contributed by atoms with Crippen molar-refractivity contribution in [3.63, 3.8) is 0 Å². The van der Waals surface area contributed by atoms with Gasteiger partial charge in [-0.25, -0.2) is 4.79 Å². The molecule has 1 aliphatic carbocycles. The lowest BCUT2D eigenvalue weighted by Gasteiger charge is -2.24. The second-order valence-electron chi connectivity index (χ2n) is 6.49. The Balaban J connectivity index is 1.55. The Morgan fingerprint density at radius 1 is 1.29 bits per heavy atom. The fourth-order valence-electron chi connectivity index (χ4n) is 3.62. The first-order chi connectivity index (χ1) is 11.7. The zero-order chi connectivity index (χ0) is 16.9. The van der Waals surface area contributed by atoms with Gasteiger partial charge in [0, 0.05) is 17.8 Å². The van der Waals surface area contributed by atoms with Gasteiger partial charge in [-0.3, -0.25) is 4.79 Å². The van der Waals surface area contributed by atoms with Crippen molar-refractivity contribution in [3.05, 3.63) is 24.3 Å². The Morgan fingerprint density at radius 2 is 2.12 bits per heavy atom. The summed E-state index contributed by atoms with van der Waals surface area (Å²) in [6, 6.07) is 7.40. The highest BCUT2D eigenvalue weighted by atomic mass is 16.6. The molecular formula is C18H24N2O4. The van der Waals surface area contributed by atoms with Gasteiger partial charge in [0.2, 0.25) is 5.91 Å². The second kappa shape index (κ2) is 7.66. The van der Waals surface area contributed by atoms with Crippen molar-refractivity contribution >= 4 is 17.6 Å². The van der Waals surface area contributed by atoms with Crippen LogP contribution in [0.15, 0.2) is 24.3 Å². The van der Waals surface area contributed by atoms with Crippen molar-refractivity contribution in [3.8, 4) is 5.75 Å². The predicted octanol–water partition coefficient (Wildman–Crippen LogP) is 2.10. The molecule has 6 heteroatoms. The highest BCUT2D eigenvalue weighted by Crippen LogP contribution is 2.33. The lowest BCUT2D eigenvalue weighted by atomic mass is 9.85. The van der Waals surface area contributed by atoms with Gasteiger partial charge in [-0.05, 0) is 37.3 Å². The van der Waals surface area contributed by atoms with Crippen molar-refractivity contribution in [2.24, 2.45) is 5.92 Å². The topological polar surface area (TPSA) is 76.7 Å². The molecule has 1 aliphatic heterocycles. The maximum atomic E-state index is 12.5. The molecule has 0 bridgehead atoms. The van der Waals surface area contributed by atoms with Crippen LogP contribution in [0.1, 0.15) is 32.1 Å². The summed E-state index contributed by atoms with van der Waals surface area (Å²) in [6.07, 6.45) is 5.83. The zero-order valence-corrected chi connectivity index (χ0v) is 13.9. The lowest BCUT2D eigenvalue weighted by molar-refractivity contribution is -0.142. The Labute approximate surface area is 141 Å². The Kier molecular flexibility index (Phi) is 5.35. The van der Waals surface area contributed by atoms with E-state index in [9.17, 15) is 9.59 Å². The molecule has 0 radical (unpaired) electrons. The van der Waals surface area contributed by atoms with Crippen LogP contribution < -0.4 is 15.4 Å². The molecule has 1 aromatic rings. The SMILES string of the molecule is COC(=O)COc1cccc(NC(=O)C2CC3CCCCC3N2)c1. The summed E-state index contributed by atoms with van der Waals surface area (Å²) in [6.45, 7) is -0.151. The first-order valence-corrected chi connectivity index (χ1v) is 8.52. The minimum Gasteiger partial charge on any atom is -0.482 e. The van der Waals surface area contributed by atoms with Crippen molar-refractivity contribution < 1.29 is 19.1 Å². The van der Waals surface area contributed by atoms with Crippen LogP contribution in [0.2, 0.25) is 0 Å². The van der Waals surface area contributed by atoms with E-state index in [0.29, 0.717) is 23.4 Å². The summed E-state index contributed by atoms with van der Waals surface area (Å²) in [5, 5.41) is 6.41. The maximum absolute atomic E-state index is 12.5. The number of hydrogen-bond donors (Lipinski definition) is 2. The molecule has 1 amide bonds. The van der Waals surface area contributed by atoms with Gasteiger partial charge in [-0.15, -0.1) is 0 Å². The van der Waals surface area contributed by atoms with Crippen LogP contribution in [0.3, 0.4) is 0 Å². The number of nitrogens with one attached hydrogen (secondary N) is 2. The van der Waals surface area contributed by atoms with Crippen LogP contribution in [0.4, 0.5) is 5.69 Å². The Hall–Kier alpha value is -2.08. The number of hydrogen-bond acceptors (Lipinski definition) is 5. The van der Waals surface area contributed by atoms with Crippen molar-refractivity contribution in [1.29, 1.82) is 0 Å². The van der Waals surface area contributed by atoms with E-state index in [0.717, 1.165) is 6.42 Å². The van der Waals surface area contributed by atoms with Crippen LogP contribution >= 0.6 is 0 Å². The van der Waals surface area contributed by atoms with Gasteiger partial charge in [-0.1, -0.05) is 18.9 Å². The number of fused-ring (bicyclic) bond motifs is 1. The van der Waals surface area contributed by atoms with E-state index in [-0.39, 0.29) is 18.6 Å². The molecule has 1 heterocycles. The molecule has 6 nitrogen and oxygen atoms in total. The Morgan fingerprint density at radius 3 is 2.92 bits per heavy atom. The number of benzene rings is 1. The standard InChI is InChI=1S/C18H24N2O4/c1-23-17(21)11-24-14-7-4-6-13(10-14)19-18(22)16-9-12-5-2-3-8-15(12)20-16/h4,6-7,10,12,15-16,20H,2-3,5,8-9,11H2,1H3,(H,19,22). The molecule has 130 valence electrons. The number of ether oxygens (including phenoxy) is 2. The number of esters is 1. The molecule has 3 unspecified atom stereocenters. The van der Waals surface area contributed by atoms with E-state index in [2.05, 4.69) is 15.4 Å². The van der Waals surface area contributed by atoms with Gasteiger partial charge < -0.3 is 20.1 Å². The number of methoxy groups -OCH3 is 1. The minimum atomic E-state index is -0.442. The molecule has 1 saturated heterocycles. The number of carbonyl (C=O) groups is 2. The molecule has 1 aromatic carbocycles. The van der Waals surface area contributed by atoms with Crippen molar-refractivity contribution in [2.75, 3.05) is 19.0 Å². The summed E-state index contributed by atoms with van der Waals surface area (Å²) in [4.78, 5) is 23.6. The Bertz CT molecular complexity index is 590. The van der Waals surface area contributed by atoms with E-state index in [1.54, 1.807) is 18.2 Å². The van der Waals surface area contributed by atoms with E-state index >= 15 is 0 Å². The van der Waals surface area contributed by atoms with Crippen molar-refractivity contribution in [1.82, 2.24) is 5.32 Å². The van der Waals surface area contributed by atoms with Gasteiger partial charge >= 0.3 is 5.97 Å². The predicted molar refractivity (Wildman–Crippen MR) is 89.9 cm³/mol. The van der Waals surface area contributed by atoms with Crippen LogP contribution in [-0.2, 0) is 14.3 Å². The van der Waals surface area contributed by atoms with E-state index < -0.39 is 5.97 Å². The normalized spacial score (nSPS) is 25.6. The van der Waals surface area contributed by atoms with Crippen LogP contribution in [0.25, 0.3) is 0 Å². The maximum Gasteiger partial charge on any atom is 0.343 e. The smallest absolute Gasteiger partial charge is 0.343 e. The zero-order valence-electron chi connectivity index (χ0n) is 13.9. The monoisotopic (exact) mass is 332 g/mol. The summed E-state index contributed by atoms with van der Waals surface area (Å²) in [7, 11) is 1.31. The highest BCUT2D eigenvalue weighted by molar-refractivity contribution is 5.95. The van der Waals surface area contributed by atoms with Gasteiger partial charge in [0.05, 0.1) is 13.2 Å². The van der Waals surface area contributed by atoms with E-state index in [1.807, 2.05) is 6.07 Å². The molecule has 2 fully saturated rings. The van der Waals surface area contributed by atoms with Gasteiger partial charge in [0.1, 0.15) is 5.75 Å². The third-order valence-corrected chi connectivity index (χ3v) is 4.87. The lowest BCUT2D eigenvalue weighted by Crippen LogP contribution is -2.39. The van der Waals surface area contributed by atoms with Crippen LogP contribution in [0, 0.1) is 5.92 Å². The molecule has 3 rings (SSSR count). The average molecular weight is 332 g/mol. The largest absolute Gasteiger partial charge is 0.482 e. The molecule has 0 spiro atoms. The summed E-state index contributed by atoms with van der Waals surface area (Å²) < 4.78 is 9.88. The van der Waals surface area contributed by atoms with Gasteiger partial charge in [0.15, 0.2) is 6.61 Å². The molecule has 0 aromatic heterocycles. The molecule has 3 atom stereocenters. The molecular weight excluding hydrogens is 308 g/mol. The number of rotatable bonds is 5. The summed E-state index contributed by atoms with van der Waals surface area (Å²) >= 11 is 0. The van der Waals surface area contributed by atoms with Crippen LogP contribution in [-0.4, -0.2) is 37.7 Å². The average Bonchev–Trinajstić information content (AvgIpc) is 3.04. The van der Waals surface area contributed by atoms with Gasteiger partial charge in [-0.2, -0.15) is 0 Å². The second-order valence-corrected chi connectivity index (χ2v) is 6.49. The molecule has 24 heavy (non-hydrogen) atoms. The number of anilines is 1. The third kappa shape index (κ3) is 4.06. The number of carbonyl (C=O) groups excluding carboxylic acids is 2. The molecule has 1 saturated carbocycles. The molecule has 2 N–H and O–H groups in total. The first kappa shape index (κ1) is 16.8. The summed E-state index contributed by atoms with van der Waals surface area (Å²) in [5.74, 6) is 0.701. The third-order valence-electron chi connectivity index (χ3n) is 4.87. The fourth-order valence-corrected chi connectivity index (χ4v) is 3.62. The fraction of sp³-hybridized carbons (Fsp3) is 0.556. The first-order valence-electron chi connectivity index (χ1n) is 8.52. The van der Waals surface area contributed by atoms with Crippen LogP contribution in [0.5, 0.6) is 5.75 Å². The highest BCUT2D eigenvalue weighted by Gasteiger charge is 2.38. The van der Waals surface area contributed by atoms with E-state index in [4.69, 9.17) is 4.74 Å². The minimum absolute atomic E-state index is 0.00508. The molecule has 2 aliphatic rings. The van der Waals surface area contributed by atoms with Gasteiger partial charge in [0.25, 0.3) is 0 Å².